The topological polar surface area (TPSA) is 40.5 Å². The van der Waals surface area contributed by atoms with Gasteiger partial charge < -0.3 is 10.2 Å². The summed E-state index contributed by atoms with van der Waals surface area (Å²) >= 11 is 0. The summed E-state index contributed by atoms with van der Waals surface area (Å²) in [5, 5.41) is 19.4. The molecule has 2 aromatic rings. The minimum atomic E-state index is -0.152. The summed E-state index contributed by atoms with van der Waals surface area (Å²) in [5.41, 5.74) is 2.29. The van der Waals surface area contributed by atoms with Crippen LogP contribution in [0.1, 0.15) is 64.5 Å². The Labute approximate surface area is 152 Å². The van der Waals surface area contributed by atoms with Crippen LogP contribution >= 0.6 is 0 Å². The van der Waals surface area contributed by atoms with Gasteiger partial charge in [-0.15, -0.1) is 0 Å². The van der Waals surface area contributed by atoms with E-state index in [1.54, 1.807) is 24.3 Å². The van der Waals surface area contributed by atoms with E-state index in [1.165, 1.54) is 24.0 Å². The lowest BCUT2D eigenvalue weighted by Gasteiger charge is -2.40. The summed E-state index contributed by atoms with van der Waals surface area (Å²) in [5.74, 6) is 1.77. The molecule has 0 spiro atoms. The van der Waals surface area contributed by atoms with E-state index in [2.05, 4.69) is 27.7 Å². The zero-order valence-electron chi connectivity index (χ0n) is 16.0. The van der Waals surface area contributed by atoms with Crippen LogP contribution < -0.4 is 0 Å². The third kappa shape index (κ3) is 4.36. The third-order valence-corrected chi connectivity index (χ3v) is 5.77. The molecule has 2 nitrogen and oxygen atoms in total. The van der Waals surface area contributed by atoms with Gasteiger partial charge in [-0.3, -0.25) is 0 Å². The number of hydrogen-bond acceptors (Lipinski definition) is 2. The summed E-state index contributed by atoms with van der Waals surface area (Å²) < 4.78 is 0. The van der Waals surface area contributed by atoms with Crippen LogP contribution in [0.3, 0.4) is 0 Å². The fraction of sp³-hybridized carbons (Fsp3) is 0.478. The Balaban J connectivity index is 2.56. The van der Waals surface area contributed by atoms with E-state index in [4.69, 9.17) is 0 Å². The van der Waals surface area contributed by atoms with E-state index < -0.39 is 0 Å². The van der Waals surface area contributed by atoms with Crippen molar-refractivity contribution in [2.24, 2.45) is 11.8 Å². The number of benzene rings is 2. The van der Waals surface area contributed by atoms with Gasteiger partial charge in [-0.05, 0) is 60.1 Å². The molecule has 0 heterocycles. The lowest BCUT2D eigenvalue weighted by molar-refractivity contribution is 0.259. The van der Waals surface area contributed by atoms with Gasteiger partial charge in [0.1, 0.15) is 11.5 Å². The molecule has 25 heavy (non-hydrogen) atoms. The molecule has 0 bridgehead atoms. The van der Waals surface area contributed by atoms with Crippen molar-refractivity contribution in [3.05, 3.63) is 59.7 Å². The highest BCUT2D eigenvalue weighted by atomic mass is 16.3. The monoisotopic (exact) mass is 340 g/mol. The van der Waals surface area contributed by atoms with Gasteiger partial charge in [-0.1, -0.05) is 64.8 Å². The summed E-state index contributed by atoms with van der Waals surface area (Å²) in [6.07, 6.45) is 4.65. The normalized spacial score (nSPS) is 14.2. The average molecular weight is 341 g/mol. The van der Waals surface area contributed by atoms with E-state index in [0.29, 0.717) is 23.3 Å². The molecule has 2 N–H and O–H groups in total. The Morgan fingerprint density at radius 1 is 0.840 bits per heavy atom. The fourth-order valence-electron chi connectivity index (χ4n) is 3.90. The van der Waals surface area contributed by atoms with Crippen molar-refractivity contribution in [2.75, 3.05) is 0 Å². The van der Waals surface area contributed by atoms with Crippen LogP contribution in [0.4, 0.5) is 0 Å². The minimum Gasteiger partial charge on any atom is -0.508 e. The molecule has 0 amide bonds. The highest BCUT2D eigenvalue weighted by Gasteiger charge is 2.37. The third-order valence-electron chi connectivity index (χ3n) is 5.77. The van der Waals surface area contributed by atoms with Crippen molar-refractivity contribution in [3.63, 3.8) is 0 Å². The lowest BCUT2D eigenvalue weighted by atomic mass is 9.63. The van der Waals surface area contributed by atoms with Gasteiger partial charge in [-0.25, -0.2) is 0 Å². The summed E-state index contributed by atoms with van der Waals surface area (Å²) in [6, 6.07) is 15.3. The molecule has 2 unspecified atom stereocenters. The SMILES string of the molecule is CCCC(CC(C)CC)C(C)(c1ccc(O)cc1)c1ccc(O)cc1. The van der Waals surface area contributed by atoms with Crippen LogP contribution in [0.5, 0.6) is 11.5 Å². The lowest BCUT2D eigenvalue weighted by Crippen LogP contribution is -2.34. The van der Waals surface area contributed by atoms with E-state index >= 15 is 0 Å². The maximum absolute atomic E-state index is 9.72. The van der Waals surface area contributed by atoms with Crippen LogP contribution in [0.2, 0.25) is 0 Å². The largest absolute Gasteiger partial charge is 0.508 e. The first-order valence-electron chi connectivity index (χ1n) is 9.50. The van der Waals surface area contributed by atoms with Gasteiger partial charge in [0.2, 0.25) is 0 Å². The van der Waals surface area contributed by atoms with Gasteiger partial charge in [-0.2, -0.15) is 0 Å². The van der Waals surface area contributed by atoms with Gasteiger partial charge in [0, 0.05) is 5.41 Å². The summed E-state index contributed by atoms with van der Waals surface area (Å²) in [7, 11) is 0. The highest BCUT2D eigenvalue weighted by molar-refractivity contribution is 5.43. The predicted molar refractivity (Wildman–Crippen MR) is 105 cm³/mol. The van der Waals surface area contributed by atoms with Crippen molar-refractivity contribution in [1.82, 2.24) is 0 Å². The molecule has 0 aliphatic rings. The molecule has 2 rings (SSSR count). The standard InChI is InChI=1S/C23H32O2/c1-5-7-20(16-17(3)6-2)23(4,18-8-12-21(24)13-9-18)19-10-14-22(25)15-11-19/h8-15,17,20,24-25H,5-7,16H2,1-4H3. The Morgan fingerprint density at radius 3 is 1.64 bits per heavy atom. The summed E-state index contributed by atoms with van der Waals surface area (Å²) in [4.78, 5) is 0. The van der Waals surface area contributed by atoms with Crippen molar-refractivity contribution < 1.29 is 10.2 Å². The van der Waals surface area contributed by atoms with Crippen LogP contribution in [0, 0.1) is 11.8 Å². The van der Waals surface area contributed by atoms with Crippen molar-refractivity contribution >= 4 is 0 Å². The van der Waals surface area contributed by atoms with Crippen molar-refractivity contribution in [2.45, 2.75) is 58.8 Å². The number of rotatable bonds is 8. The molecule has 0 aromatic heterocycles. The van der Waals surface area contributed by atoms with Crippen molar-refractivity contribution in [1.29, 1.82) is 0 Å². The number of phenols is 2. The van der Waals surface area contributed by atoms with Gasteiger partial charge in [0.15, 0.2) is 0 Å². The molecule has 0 fully saturated rings. The average Bonchev–Trinajstić information content (AvgIpc) is 2.61. The molecule has 0 radical (unpaired) electrons. The second-order valence-corrected chi connectivity index (χ2v) is 7.53. The van der Waals surface area contributed by atoms with Gasteiger partial charge in [0.05, 0.1) is 0 Å². The molecule has 0 aliphatic heterocycles. The number of hydrogen-bond donors (Lipinski definition) is 2. The first-order valence-corrected chi connectivity index (χ1v) is 9.50. The smallest absolute Gasteiger partial charge is 0.115 e. The maximum Gasteiger partial charge on any atom is 0.115 e. The summed E-state index contributed by atoms with van der Waals surface area (Å²) in [6.45, 7) is 9.15. The first-order chi connectivity index (χ1) is 11.9. The van der Waals surface area contributed by atoms with Gasteiger partial charge in [0.25, 0.3) is 0 Å². The number of phenolic OH excluding ortho intramolecular Hbond substituents is 2. The molecule has 2 heteroatoms. The van der Waals surface area contributed by atoms with Crippen LogP contribution in [0.15, 0.2) is 48.5 Å². The van der Waals surface area contributed by atoms with E-state index in [9.17, 15) is 10.2 Å². The Bertz CT molecular complexity index is 597. The second kappa shape index (κ2) is 8.42. The molecular formula is C23H32O2. The quantitative estimate of drug-likeness (QED) is 0.595. The van der Waals surface area contributed by atoms with E-state index in [1.807, 2.05) is 24.3 Å². The fourth-order valence-corrected chi connectivity index (χ4v) is 3.90. The molecule has 2 atom stereocenters. The van der Waals surface area contributed by atoms with Crippen LogP contribution in [0.25, 0.3) is 0 Å². The van der Waals surface area contributed by atoms with Crippen LogP contribution in [-0.2, 0) is 5.41 Å². The Morgan fingerprint density at radius 2 is 1.28 bits per heavy atom. The Hall–Kier alpha value is -1.96. The Kier molecular flexibility index (Phi) is 6.52. The highest BCUT2D eigenvalue weighted by Crippen LogP contribution is 2.45. The minimum absolute atomic E-state index is 0.152. The van der Waals surface area contributed by atoms with E-state index in [0.717, 1.165) is 12.8 Å². The maximum atomic E-state index is 9.72. The van der Waals surface area contributed by atoms with Crippen LogP contribution in [-0.4, -0.2) is 10.2 Å². The predicted octanol–water partition coefficient (Wildman–Crippen LogP) is 6.26. The molecule has 0 aliphatic carbocycles. The van der Waals surface area contributed by atoms with Gasteiger partial charge >= 0.3 is 0 Å². The molecule has 136 valence electrons. The van der Waals surface area contributed by atoms with E-state index in [-0.39, 0.29) is 5.41 Å². The zero-order chi connectivity index (χ0) is 18.4. The second-order valence-electron chi connectivity index (χ2n) is 7.53. The molecule has 2 aromatic carbocycles. The molecule has 0 saturated carbocycles. The molecule has 0 saturated heterocycles. The number of aromatic hydroxyl groups is 2. The zero-order valence-corrected chi connectivity index (χ0v) is 16.0. The first kappa shape index (κ1) is 19.4. The molecular weight excluding hydrogens is 308 g/mol. The van der Waals surface area contributed by atoms with Crippen molar-refractivity contribution in [3.8, 4) is 11.5 Å².